The van der Waals surface area contributed by atoms with Crippen LogP contribution >= 0.6 is 0 Å². The number of ether oxygens (including phenoxy) is 1. The lowest BCUT2D eigenvalue weighted by molar-refractivity contribution is -0.122. The number of amides is 1. The SMILES string of the molecule is Cc1nn(CC(=O)NCC2CN(S(C)(=O)=O)CCO2)c(=O)c2ccccc12. The van der Waals surface area contributed by atoms with Gasteiger partial charge in [-0.25, -0.2) is 13.1 Å². The van der Waals surface area contributed by atoms with Crippen molar-refractivity contribution in [3.8, 4) is 0 Å². The average Bonchev–Trinajstić information content (AvgIpc) is 2.64. The van der Waals surface area contributed by atoms with E-state index in [1.165, 1.54) is 4.31 Å². The Hall–Kier alpha value is -2.30. The molecule has 1 aliphatic rings. The van der Waals surface area contributed by atoms with Crippen molar-refractivity contribution in [3.05, 3.63) is 40.3 Å². The predicted molar refractivity (Wildman–Crippen MR) is 99.9 cm³/mol. The molecule has 0 bridgehead atoms. The second-order valence-electron chi connectivity index (χ2n) is 6.51. The quantitative estimate of drug-likeness (QED) is 0.731. The van der Waals surface area contributed by atoms with Crippen molar-refractivity contribution in [2.45, 2.75) is 19.6 Å². The summed E-state index contributed by atoms with van der Waals surface area (Å²) in [5.74, 6) is -0.389. The molecule has 0 radical (unpaired) electrons. The minimum absolute atomic E-state index is 0.159. The Labute approximate surface area is 157 Å². The highest BCUT2D eigenvalue weighted by atomic mass is 32.2. The van der Waals surface area contributed by atoms with Gasteiger partial charge in [0.05, 0.1) is 30.0 Å². The molecule has 146 valence electrons. The molecule has 0 spiro atoms. The van der Waals surface area contributed by atoms with E-state index in [0.717, 1.165) is 16.3 Å². The van der Waals surface area contributed by atoms with Gasteiger partial charge < -0.3 is 10.1 Å². The van der Waals surface area contributed by atoms with Gasteiger partial charge in [-0.1, -0.05) is 18.2 Å². The van der Waals surface area contributed by atoms with Crippen LogP contribution in [-0.2, 0) is 26.1 Å². The van der Waals surface area contributed by atoms with Gasteiger partial charge >= 0.3 is 0 Å². The van der Waals surface area contributed by atoms with Crippen molar-refractivity contribution in [3.63, 3.8) is 0 Å². The molecule has 1 aromatic heterocycles. The van der Waals surface area contributed by atoms with Gasteiger partial charge in [-0.2, -0.15) is 9.40 Å². The molecule has 1 unspecified atom stereocenters. The number of aryl methyl sites for hydroxylation is 1. The Morgan fingerprint density at radius 2 is 2.04 bits per heavy atom. The largest absolute Gasteiger partial charge is 0.374 e. The van der Waals surface area contributed by atoms with Gasteiger partial charge in [-0.15, -0.1) is 0 Å². The summed E-state index contributed by atoms with van der Waals surface area (Å²) in [6.45, 7) is 2.49. The number of nitrogens with one attached hydrogen (secondary N) is 1. The molecule has 0 aliphatic carbocycles. The van der Waals surface area contributed by atoms with Crippen LogP contribution in [0.25, 0.3) is 10.8 Å². The molecule has 2 aromatic rings. The number of morpholine rings is 1. The zero-order valence-electron chi connectivity index (χ0n) is 15.2. The highest BCUT2D eigenvalue weighted by molar-refractivity contribution is 7.88. The third kappa shape index (κ3) is 4.52. The van der Waals surface area contributed by atoms with Crippen LogP contribution < -0.4 is 10.9 Å². The molecular formula is C17H22N4O5S. The maximum Gasteiger partial charge on any atom is 0.275 e. The first-order valence-electron chi connectivity index (χ1n) is 8.55. The number of carbonyl (C=O) groups is 1. The van der Waals surface area contributed by atoms with E-state index in [4.69, 9.17) is 4.74 Å². The van der Waals surface area contributed by atoms with E-state index in [1.807, 2.05) is 12.1 Å². The molecule has 2 heterocycles. The van der Waals surface area contributed by atoms with E-state index in [1.54, 1.807) is 19.1 Å². The van der Waals surface area contributed by atoms with Crippen LogP contribution in [0.1, 0.15) is 5.69 Å². The first-order valence-corrected chi connectivity index (χ1v) is 10.4. The summed E-state index contributed by atoms with van der Waals surface area (Å²) in [4.78, 5) is 24.7. The molecule has 9 nitrogen and oxygen atoms in total. The van der Waals surface area contributed by atoms with Crippen LogP contribution in [0.4, 0.5) is 0 Å². The maximum atomic E-state index is 12.5. The molecule has 1 aromatic carbocycles. The fraction of sp³-hybridized carbons (Fsp3) is 0.471. The van der Waals surface area contributed by atoms with Gasteiger partial charge in [-0.05, 0) is 13.0 Å². The van der Waals surface area contributed by atoms with Crippen molar-refractivity contribution in [1.29, 1.82) is 0 Å². The number of hydrogen-bond donors (Lipinski definition) is 1. The molecule has 1 N–H and O–H groups in total. The van der Waals surface area contributed by atoms with Gasteiger partial charge in [0.15, 0.2) is 0 Å². The van der Waals surface area contributed by atoms with Crippen molar-refractivity contribution < 1.29 is 17.9 Å². The Bertz CT molecular complexity index is 1020. The van der Waals surface area contributed by atoms with Crippen LogP contribution in [-0.4, -0.2) is 67.0 Å². The van der Waals surface area contributed by atoms with Crippen molar-refractivity contribution in [2.24, 2.45) is 0 Å². The molecule has 10 heteroatoms. The number of carbonyl (C=O) groups excluding carboxylic acids is 1. The van der Waals surface area contributed by atoms with Crippen LogP contribution in [0, 0.1) is 6.92 Å². The first-order chi connectivity index (χ1) is 12.8. The zero-order chi connectivity index (χ0) is 19.6. The van der Waals surface area contributed by atoms with E-state index in [2.05, 4.69) is 10.4 Å². The summed E-state index contributed by atoms with van der Waals surface area (Å²) < 4.78 is 31.2. The summed E-state index contributed by atoms with van der Waals surface area (Å²) in [5.41, 5.74) is 0.334. The summed E-state index contributed by atoms with van der Waals surface area (Å²) >= 11 is 0. The molecule has 3 rings (SSSR count). The number of hydrogen-bond acceptors (Lipinski definition) is 6. The Morgan fingerprint density at radius 1 is 1.33 bits per heavy atom. The number of rotatable bonds is 5. The number of benzene rings is 1. The Balaban J connectivity index is 1.64. The van der Waals surface area contributed by atoms with E-state index in [-0.39, 0.29) is 37.7 Å². The Morgan fingerprint density at radius 3 is 2.74 bits per heavy atom. The summed E-state index contributed by atoms with van der Waals surface area (Å²) in [7, 11) is -3.29. The number of aromatic nitrogens is 2. The van der Waals surface area contributed by atoms with E-state index >= 15 is 0 Å². The number of fused-ring (bicyclic) bond motifs is 1. The fourth-order valence-electron chi connectivity index (χ4n) is 3.05. The van der Waals surface area contributed by atoms with Crippen LogP contribution in [0.15, 0.2) is 29.1 Å². The molecule has 1 fully saturated rings. The predicted octanol–water partition coefficient (Wildman–Crippen LogP) is -0.518. The van der Waals surface area contributed by atoms with Crippen molar-refractivity contribution in [1.82, 2.24) is 19.4 Å². The zero-order valence-corrected chi connectivity index (χ0v) is 16.0. The highest BCUT2D eigenvalue weighted by Gasteiger charge is 2.26. The summed E-state index contributed by atoms with van der Waals surface area (Å²) in [6, 6.07) is 7.12. The lowest BCUT2D eigenvalue weighted by Crippen LogP contribution is -2.49. The second kappa shape index (κ2) is 7.75. The minimum atomic E-state index is -3.29. The first kappa shape index (κ1) is 19.5. The minimum Gasteiger partial charge on any atom is -0.374 e. The third-order valence-corrected chi connectivity index (χ3v) is 5.71. The molecular weight excluding hydrogens is 372 g/mol. The maximum absolute atomic E-state index is 12.5. The second-order valence-corrected chi connectivity index (χ2v) is 8.49. The smallest absolute Gasteiger partial charge is 0.275 e. The van der Waals surface area contributed by atoms with E-state index < -0.39 is 16.1 Å². The van der Waals surface area contributed by atoms with Gasteiger partial charge in [0.25, 0.3) is 5.56 Å². The fourth-order valence-corrected chi connectivity index (χ4v) is 3.89. The molecule has 0 saturated carbocycles. The van der Waals surface area contributed by atoms with E-state index in [0.29, 0.717) is 17.6 Å². The van der Waals surface area contributed by atoms with Gasteiger partial charge in [0, 0.05) is 25.0 Å². The van der Waals surface area contributed by atoms with Crippen molar-refractivity contribution >= 4 is 26.7 Å². The lowest BCUT2D eigenvalue weighted by atomic mass is 10.1. The van der Waals surface area contributed by atoms with Crippen molar-refractivity contribution in [2.75, 3.05) is 32.5 Å². The van der Waals surface area contributed by atoms with Gasteiger partial charge in [-0.3, -0.25) is 9.59 Å². The standard InChI is InChI=1S/C17H22N4O5S/c1-12-14-5-3-4-6-15(14)17(23)21(19-12)11-16(22)18-9-13-10-20(7-8-26-13)27(2,24)25/h3-6,13H,7-11H2,1-2H3,(H,18,22). The molecule has 1 saturated heterocycles. The molecule has 1 aliphatic heterocycles. The van der Waals surface area contributed by atoms with E-state index in [9.17, 15) is 18.0 Å². The monoisotopic (exact) mass is 394 g/mol. The van der Waals surface area contributed by atoms with Crippen LogP contribution in [0.5, 0.6) is 0 Å². The molecule has 1 amide bonds. The van der Waals surface area contributed by atoms with Crippen LogP contribution in [0.3, 0.4) is 0 Å². The van der Waals surface area contributed by atoms with Crippen LogP contribution in [0.2, 0.25) is 0 Å². The lowest BCUT2D eigenvalue weighted by Gasteiger charge is -2.31. The number of nitrogens with zero attached hydrogens (tertiary/aromatic N) is 3. The van der Waals surface area contributed by atoms with Gasteiger partial charge in [0.2, 0.25) is 15.9 Å². The third-order valence-electron chi connectivity index (χ3n) is 4.44. The highest BCUT2D eigenvalue weighted by Crippen LogP contribution is 2.11. The topological polar surface area (TPSA) is 111 Å². The normalized spacial score (nSPS) is 18.5. The average molecular weight is 394 g/mol. The molecule has 1 atom stereocenters. The summed E-state index contributed by atoms with van der Waals surface area (Å²) in [6.07, 6.45) is 0.717. The molecule has 27 heavy (non-hydrogen) atoms. The Kier molecular flexibility index (Phi) is 5.59. The number of sulfonamides is 1. The summed E-state index contributed by atoms with van der Waals surface area (Å²) in [5, 5.41) is 8.16. The van der Waals surface area contributed by atoms with Gasteiger partial charge in [0.1, 0.15) is 6.54 Å².